The molecule has 0 radical (unpaired) electrons. The lowest BCUT2D eigenvalue weighted by atomic mass is 9.92. The molecule has 1 aromatic heterocycles. The number of aliphatic carboxylic acids is 1. The Bertz CT molecular complexity index is 1450. The van der Waals surface area contributed by atoms with Gasteiger partial charge in [0, 0.05) is 30.9 Å². The van der Waals surface area contributed by atoms with Crippen LogP contribution in [0.5, 0.6) is 0 Å². The number of nitrogens with zero attached hydrogens (tertiary/aromatic N) is 2. The third-order valence-corrected chi connectivity index (χ3v) is 7.90. The maximum atomic E-state index is 11.6. The van der Waals surface area contributed by atoms with Gasteiger partial charge in [0.05, 0.1) is 24.5 Å². The number of carbonyl (C=O) groups is 1. The van der Waals surface area contributed by atoms with Gasteiger partial charge in [0.1, 0.15) is 23.8 Å². The molecule has 0 bridgehead atoms. The van der Waals surface area contributed by atoms with Gasteiger partial charge in [0.15, 0.2) is 0 Å². The molecule has 0 saturated carbocycles. The van der Waals surface area contributed by atoms with Crippen molar-refractivity contribution < 1.29 is 24.1 Å². The summed E-state index contributed by atoms with van der Waals surface area (Å²) in [6, 6.07) is 12.5. The van der Waals surface area contributed by atoms with Gasteiger partial charge in [0.25, 0.3) is 0 Å². The lowest BCUT2D eigenvalue weighted by Gasteiger charge is -2.41. The van der Waals surface area contributed by atoms with Gasteiger partial charge in [-0.3, -0.25) is 4.90 Å². The van der Waals surface area contributed by atoms with E-state index in [1.807, 2.05) is 13.0 Å². The van der Waals surface area contributed by atoms with Gasteiger partial charge in [-0.05, 0) is 81.4 Å². The number of ether oxygens (including phenoxy) is 3. The predicted octanol–water partition coefficient (Wildman–Crippen LogP) is 6.48. The number of carboxylic acid groups (broad SMARTS) is 1. The number of nitrogens with one attached hydrogen (secondary N) is 2. The standard InChI is InChI=1S/C35H44N4O5/c1-7-29(31-10-9-11-32(37-31)38-34(42-8-2)30(19-36)35(40)41)33(22(3)4)43-21-25-12-13-27-20-39(15-14-26(27)18-25)28-16-23(5)44-24(6)17-28/h7,9-13,18-19,23-24,28,36H,1,3,8,14-17,20-21H2,2,4-6H3,(H,37,38)(H,40,41)/b33-29-,34-30-,36-19?. The Hall–Kier alpha value is -4.21. The normalized spacial score (nSPS) is 21.2. The Balaban J connectivity index is 1.51. The van der Waals surface area contributed by atoms with Crippen molar-refractivity contribution in [2.75, 3.05) is 18.5 Å². The second-order valence-electron chi connectivity index (χ2n) is 11.4. The molecule has 2 aliphatic heterocycles. The van der Waals surface area contributed by atoms with E-state index in [4.69, 9.17) is 19.6 Å². The van der Waals surface area contributed by atoms with Gasteiger partial charge in [-0.1, -0.05) is 43.5 Å². The fourth-order valence-corrected chi connectivity index (χ4v) is 5.92. The van der Waals surface area contributed by atoms with Crippen molar-refractivity contribution in [3.05, 3.63) is 101 Å². The van der Waals surface area contributed by atoms with Crippen molar-refractivity contribution in [1.82, 2.24) is 9.88 Å². The predicted molar refractivity (Wildman–Crippen MR) is 173 cm³/mol. The van der Waals surface area contributed by atoms with Crippen LogP contribution in [0.2, 0.25) is 0 Å². The van der Waals surface area contributed by atoms with Crippen LogP contribution >= 0.6 is 0 Å². The first-order valence-corrected chi connectivity index (χ1v) is 15.1. The van der Waals surface area contributed by atoms with Crippen LogP contribution in [0.1, 0.15) is 62.9 Å². The summed E-state index contributed by atoms with van der Waals surface area (Å²) in [5.41, 5.74) is 5.45. The van der Waals surface area contributed by atoms with E-state index in [1.54, 1.807) is 25.1 Å². The number of rotatable bonds is 13. The highest BCUT2D eigenvalue weighted by molar-refractivity contribution is 6.08. The fraction of sp³-hybridized carbons (Fsp3) is 0.400. The average molecular weight is 601 g/mol. The van der Waals surface area contributed by atoms with E-state index in [0.29, 0.717) is 47.7 Å². The molecule has 1 fully saturated rings. The molecule has 3 heterocycles. The Morgan fingerprint density at radius 3 is 2.59 bits per heavy atom. The van der Waals surface area contributed by atoms with Crippen LogP contribution in [0.25, 0.3) is 5.57 Å². The molecule has 0 amide bonds. The number of hydrogen-bond acceptors (Lipinski definition) is 8. The molecule has 9 heteroatoms. The van der Waals surface area contributed by atoms with Crippen LogP contribution in [-0.2, 0) is 38.6 Å². The van der Waals surface area contributed by atoms with Gasteiger partial charge in [0.2, 0.25) is 5.88 Å². The van der Waals surface area contributed by atoms with Crippen LogP contribution < -0.4 is 5.32 Å². The maximum Gasteiger partial charge on any atom is 0.342 e. The molecule has 2 atom stereocenters. The van der Waals surface area contributed by atoms with E-state index in [0.717, 1.165) is 49.7 Å². The zero-order valence-electron chi connectivity index (χ0n) is 26.2. The second kappa shape index (κ2) is 15.0. The number of carboxylic acids is 1. The molecule has 234 valence electrons. The summed E-state index contributed by atoms with van der Waals surface area (Å²) in [5, 5.41) is 19.8. The molecule has 1 saturated heterocycles. The molecule has 4 rings (SSSR count). The summed E-state index contributed by atoms with van der Waals surface area (Å²) >= 11 is 0. The Morgan fingerprint density at radius 2 is 1.95 bits per heavy atom. The summed E-state index contributed by atoms with van der Waals surface area (Å²) in [4.78, 5) is 18.9. The van der Waals surface area contributed by atoms with E-state index in [-0.39, 0.29) is 18.1 Å². The molecule has 3 N–H and O–H groups in total. The highest BCUT2D eigenvalue weighted by Crippen LogP contribution is 2.30. The molecule has 1 aromatic carbocycles. The van der Waals surface area contributed by atoms with E-state index in [2.05, 4.69) is 60.4 Å². The molecule has 44 heavy (non-hydrogen) atoms. The number of allylic oxidation sites excluding steroid dienone is 3. The Labute approximate surface area is 260 Å². The molecule has 2 unspecified atom stereocenters. The van der Waals surface area contributed by atoms with Gasteiger partial charge < -0.3 is 30.0 Å². The monoisotopic (exact) mass is 600 g/mol. The van der Waals surface area contributed by atoms with Gasteiger partial charge >= 0.3 is 5.97 Å². The highest BCUT2D eigenvalue weighted by atomic mass is 16.5. The van der Waals surface area contributed by atoms with Crippen molar-refractivity contribution >= 4 is 23.6 Å². The first-order chi connectivity index (χ1) is 21.1. The lowest BCUT2D eigenvalue weighted by molar-refractivity contribution is -0.132. The summed E-state index contributed by atoms with van der Waals surface area (Å²) in [6.07, 6.45) is 6.18. The topological polar surface area (TPSA) is 117 Å². The second-order valence-corrected chi connectivity index (χ2v) is 11.4. The fourth-order valence-electron chi connectivity index (χ4n) is 5.92. The number of benzene rings is 1. The smallest absolute Gasteiger partial charge is 0.342 e. The quantitative estimate of drug-likeness (QED) is 0.104. The van der Waals surface area contributed by atoms with Crippen molar-refractivity contribution in [1.29, 1.82) is 5.41 Å². The molecule has 9 nitrogen and oxygen atoms in total. The SMILES string of the molecule is C=C/C(=C(/OCc1ccc2c(c1)CCN(C1CC(C)OC(C)C1)C2)C(=C)C)c1cccc(N/C(OCC)=C(\C=N)C(=O)O)n1. The van der Waals surface area contributed by atoms with E-state index < -0.39 is 5.97 Å². The van der Waals surface area contributed by atoms with Gasteiger partial charge in [-0.15, -0.1) is 0 Å². The summed E-state index contributed by atoms with van der Waals surface area (Å²) < 4.78 is 17.8. The summed E-state index contributed by atoms with van der Waals surface area (Å²) in [5.74, 6) is -0.421. The van der Waals surface area contributed by atoms with E-state index in [9.17, 15) is 9.90 Å². The zero-order valence-corrected chi connectivity index (χ0v) is 26.2. The van der Waals surface area contributed by atoms with E-state index in [1.165, 1.54) is 11.1 Å². The first-order valence-electron chi connectivity index (χ1n) is 15.1. The number of hydrogen-bond donors (Lipinski definition) is 3. The molecule has 0 aliphatic carbocycles. The number of pyridine rings is 1. The summed E-state index contributed by atoms with van der Waals surface area (Å²) in [6.45, 7) is 18.7. The zero-order chi connectivity index (χ0) is 31.8. The lowest BCUT2D eigenvalue weighted by Crippen LogP contribution is -2.46. The minimum Gasteiger partial charge on any atom is -0.488 e. The number of aromatic nitrogens is 1. The van der Waals surface area contributed by atoms with Crippen molar-refractivity contribution in [2.45, 2.75) is 78.4 Å². The largest absolute Gasteiger partial charge is 0.488 e. The summed E-state index contributed by atoms with van der Waals surface area (Å²) in [7, 11) is 0. The average Bonchev–Trinajstić information content (AvgIpc) is 2.98. The third kappa shape index (κ3) is 8.03. The van der Waals surface area contributed by atoms with Crippen LogP contribution in [0, 0.1) is 5.41 Å². The van der Waals surface area contributed by atoms with Gasteiger partial charge in [-0.25, -0.2) is 9.78 Å². The van der Waals surface area contributed by atoms with Crippen LogP contribution in [0.3, 0.4) is 0 Å². The molecule has 0 spiro atoms. The minimum atomic E-state index is -1.28. The van der Waals surface area contributed by atoms with Crippen LogP contribution in [0.4, 0.5) is 5.82 Å². The maximum absolute atomic E-state index is 11.6. The molecular weight excluding hydrogens is 556 g/mol. The Morgan fingerprint density at radius 1 is 1.20 bits per heavy atom. The number of fused-ring (bicyclic) bond motifs is 1. The highest BCUT2D eigenvalue weighted by Gasteiger charge is 2.31. The molecule has 2 aromatic rings. The Kier molecular flexibility index (Phi) is 11.1. The first kappa shape index (κ1) is 32.7. The third-order valence-electron chi connectivity index (χ3n) is 7.90. The molecular formula is C35H44N4O5. The van der Waals surface area contributed by atoms with Crippen LogP contribution in [-0.4, -0.2) is 58.6 Å². The van der Waals surface area contributed by atoms with Gasteiger partial charge in [-0.2, -0.15) is 0 Å². The minimum absolute atomic E-state index is 0.0624. The van der Waals surface area contributed by atoms with Crippen molar-refractivity contribution in [3.8, 4) is 0 Å². The van der Waals surface area contributed by atoms with Crippen molar-refractivity contribution in [3.63, 3.8) is 0 Å². The number of anilines is 1. The van der Waals surface area contributed by atoms with E-state index >= 15 is 0 Å². The van der Waals surface area contributed by atoms with Crippen molar-refractivity contribution in [2.24, 2.45) is 0 Å². The van der Waals surface area contributed by atoms with Crippen LogP contribution in [0.15, 0.2) is 78.4 Å². The molecule has 2 aliphatic rings.